The lowest BCUT2D eigenvalue weighted by molar-refractivity contribution is 0.424. The van der Waals surface area contributed by atoms with Gasteiger partial charge in [0.2, 0.25) is 0 Å². The first kappa shape index (κ1) is 9.92. The molecule has 1 N–H and O–H groups in total. The summed E-state index contributed by atoms with van der Waals surface area (Å²) in [6.07, 6.45) is 3.23. The van der Waals surface area contributed by atoms with E-state index in [9.17, 15) is 0 Å². The summed E-state index contributed by atoms with van der Waals surface area (Å²) in [6.45, 7) is 2.73. The normalized spacial score (nSPS) is 12.9. The van der Waals surface area contributed by atoms with Gasteiger partial charge < -0.3 is 9.73 Å². The smallest absolute Gasteiger partial charge is 0.140 e. The van der Waals surface area contributed by atoms with Crippen molar-refractivity contribution in [3.63, 3.8) is 0 Å². The van der Waals surface area contributed by atoms with E-state index >= 15 is 0 Å². The summed E-state index contributed by atoms with van der Waals surface area (Å²) in [6, 6.07) is 4.01. The van der Waals surface area contributed by atoms with Crippen LogP contribution in [-0.4, -0.2) is 14.8 Å². The molecule has 5 heteroatoms. The molecule has 0 aliphatic heterocycles. The molecule has 0 radical (unpaired) electrons. The van der Waals surface area contributed by atoms with Crippen LogP contribution in [0.25, 0.3) is 0 Å². The summed E-state index contributed by atoms with van der Waals surface area (Å²) in [7, 11) is 1.88. The largest absolute Gasteiger partial charge is 0.468 e. The molecule has 2 heterocycles. The Kier molecular flexibility index (Phi) is 2.82. The van der Waals surface area contributed by atoms with Crippen molar-refractivity contribution in [3.8, 4) is 0 Å². The third kappa shape index (κ3) is 2.24. The molecule has 2 aromatic heterocycles. The van der Waals surface area contributed by atoms with Crippen molar-refractivity contribution in [3.05, 3.63) is 36.3 Å². The Bertz CT molecular complexity index is 407. The average Bonchev–Trinajstić information content (AvgIpc) is 2.85. The Balaban J connectivity index is 1.91. The topological polar surface area (TPSA) is 55.9 Å². The quantitative estimate of drug-likeness (QED) is 0.818. The van der Waals surface area contributed by atoms with Crippen LogP contribution in [0.3, 0.4) is 0 Å². The van der Waals surface area contributed by atoms with Crippen LogP contribution in [0.2, 0.25) is 0 Å². The molecule has 0 aliphatic rings. The van der Waals surface area contributed by atoms with Gasteiger partial charge in [-0.1, -0.05) is 0 Å². The van der Waals surface area contributed by atoms with Crippen molar-refractivity contribution in [2.75, 3.05) is 0 Å². The van der Waals surface area contributed by atoms with E-state index in [1.807, 2.05) is 19.2 Å². The first-order valence-corrected chi connectivity index (χ1v) is 4.87. The molecular formula is C10H14N4O. The maximum Gasteiger partial charge on any atom is 0.140 e. The molecule has 5 nitrogen and oxygen atoms in total. The summed E-state index contributed by atoms with van der Waals surface area (Å²) in [5.74, 6) is 1.84. The van der Waals surface area contributed by atoms with E-state index in [4.69, 9.17) is 4.42 Å². The van der Waals surface area contributed by atoms with Gasteiger partial charge in [-0.2, -0.15) is 5.10 Å². The molecule has 0 fully saturated rings. The number of furan rings is 1. The fraction of sp³-hybridized carbons (Fsp3) is 0.400. The molecule has 0 aliphatic carbocycles. The summed E-state index contributed by atoms with van der Waals surface area (Å²) < 4.78 is 7.04. The van der Waals surface area contributed by atoms with Gasteiger partial charge >= 0.3 is 0 Å². The zero-order valence-electron chi connectivity index (χ0n) is 8.84. The Hall–Kier alpha value is -1.62. The van der Waals surface area contributed by atoms with Crippen molar-refractivity contribution in [2.24, 2.45) is 7.05 Å². The molecule has 0 bridgehead atoms. The Morgan fingerprint density at radius 1 is 1.60 bits per heavy atom. The van der Waals surface area contributed by atoms with Crippen LogP contribution < -0.4 is 5.32 Å². The minimum atomic E-state index is 0.178. The summed E-state index contributed by atoms with van der Waals surface area (Å²) in [4.78, 5) is 4.13. The van der Waals surface area contributed by atoms with Gasteiger partial charge in [0.1, 0.15) is 17.9 Å². The van der Waals surface area contributed by atoms with Crippen LogP contribution in [-0.2, 0) is 13.6 Å². The maximum atomic E-state index is 5.29. The van der Waals surface area contributed by atoms with E-state index in [0.717, 1.165) is 11.6 Å². The van der Waals surface area contributed by atoms with Crippen molar-refractivity contribution >= 4 is 0 Å². The molecule has 1 atom stereocenters. The number of nitrogens with zero attached hydrogens (tertiary/aromatic N) is 3. The van der Waals surface area contributed by atoms with Crippen molar-refractivity contribution < 1.29 is 4.42 Å². The summed E-state index contributed by atoms with van der Waals surface area (Å²) in [5.41, 5.74) is 0. The molecular weight excluding hydrogens is 192 g/mol. The Labute approximate surface area is 88.1 Å². The molecule has 0 amide bonds. The van der Waals surface area contributed by atoms with Crippen molar-refractivity contribution in [2.45, 2.75) is 19.5 Å². The minimum absolute atomic E-state index is 0.178. The molecule has 0 saturated carbocycles. The lowest BCUT2D eigenvalue weighted by Gasteiger charge is -2.10. The lowest BCUT2D eigenvalue weighted by Crippen LogP contribution is -2.20. The number of aryl methyl sites for hydroxylation is 1. The van der Waals surface area contributed by atoms with E-state index in [1.165, 1.54) is 0 Å². The zero-order valence-corrected chi connectivity index (χ0v) is 8.84. The average molecular weight is 206 g/mol. The molecule has 0 aromatic carbocycles. The second kappa shape index (κ2) is 4.27. The van der Waals surface area contributed by atoms with Gasteiger partial charge in [0.15, 0.2) is 0 Å². The molecule has 0 spiro atoms. The standard InChI is InChI=1S/C10H14N4O/c1-8(9-4-3-5-15-9)11-6-10-12-7-13-14(10)2/h3-5,7-8,11H,6H2,1-2H3/t8-/m0/s1. The van der Waals surface area contributed by atoms with Gasteiger partial charge in [-0.05, 0) is 19.1 Å². The molecule has 0 saturated heterocycles. The number of hydrogen-bond donors (Lipinski definition) is 1. The zero-order chi connectivity index (χ0) is 10.7. The molecule has 2 aromatic rings. The van der Waals surface area contributed by atoms with E-state index in [2.05, 4.69) is 22.3 Å². The maximum absolute atomic E-state index is 5.29. The predicted octanol–water partition coefficient (Wildman–Crippen LogP) is 1.26. The lowest BCUT2D eigenvalue weighted by atomic mass is 10.2. The van der Waals surface area contributed by atoms with Crippen LogP contribution in [0.15, 0.2) is 29.1 Å². The monoisotopic (exact) mass is 206 g/mol. The minimum Gasteiger partial charge on any atom is -0.468 e. The van der Waals surface area contributed by atoms with E-state index in [0.29, 0.717) is 6.54 Å². The van der Waals surface area contributed by atoms with E-state index < -0.39 is 0 Å². The van der Waals surface area contributed by atoms with Gasteiger partial charge in [-0.3, -0.25) is 4.68 Å². The third-order valence-electron chi connectivity index (χ3n) is 2.34. The molecule has 80 valence electrons. The highest BCUT2D eigenvalue weighted by Crippen LogP contribution is 2.12. The molecule has 0 unspecified atom stereocenters. The van der Waals surface area contributed by atoms with Crippen molar-refractivity contribution in [1.29, 1.82) is 0 Å². The number of hydrogen-bond acceptors (Lipinski definition) is 4. The first-order chi connectivity index (χ1) is 7.27. The number of aromatic nitrogens is 3. The highest BCUT2D eigenvalue weighted by molar-refractivity contribution is 5.03. The SMILES string of the molecule is C[C@H](NCc1ncnn1C)c1ccco1. The Morgan fingerprint density at radius 3 is 3.07 bits per heavy atom. The van der Waals surface area contributed by atoms with Crippen LogP contribution in [0.5, 0.6) is 0 Å². The molecule has 15 heavy (non-hydrogen) atoms. The third-order valence-corrected chi connectivity index (χ3v) is 2.34. The van der Waals surface area contributed by atoms with E-state index in [1.54, 1.807) is 17.3 Å². The van der Waals surface area contributed by atoms with Crippen LogP contribution in [0.1, 0.15) is 24.6 Å². The highest BCUT2D eigenvalue weighted by Gasteiger charge is 2.08. The van der Waals surface area contributed by atoms with Crippen LogP contribution in [0.4, 0.5) is 0 Å². The number of nitrogens with one attached hydrogen (secondary N) is 1. The Morgan fingerprint density at radius 2 is 2.47 bits per heavy atom. The van der Waals surface area contributed by atoms with Crippen LogP contribution in [0, 0.1) is 0 Å². The van der Waals surface area contributed by atoms with Gasteiger partial charge in [-0.25, -0.2) is 4.98 Å². The number of rotatable bonds is 4. The fourth-order valence-corrected chi connectivity index (χ4v) is 1.36. The second-order valence-electron chi connectivity index (χ2n) is 3.42. The van der Waals surface area contributed by atoms with E-state index in [-0.39, 0.29) is 6.04 Å². The second-order valence-corrected chi connectivity index (χ2v) is 3.42. The summed E-state index contributed by atoms with van der Waals surface area (Å²) in [5, 5.41) is 7.31. The van der Waals surface area contributed by atoms with Gasteiger partial charge in [-0.15, -0.1) is 0 Å². The van der Waals surface area contributed by atoms with Gasteiger partial charge in [0.05, 0.1) is 18.8 Å². The summed E-state index contributed by atoms with van der Waals surface area (Å²) >= 11 is 0. The molecule has 2 rings (SSSR count). The van der Waals surface area contributed by atoms with Crippen LogP contribution >= 0.6 is 0 Å². The van der Waals surface area contributed by atoms with Gasteiger partial charge in [0, 0.05) is 7.05 Å². The first-order valence-electron chi connectivity index (χ1n) is 4.87. The highest BCUT2D eigenvalue weighted by atomic mass is 16.3. The van der Waals surface area contributed by atoms with Crippen molar-refractivity contribution in [1.82, 2.24) is 20.1 Å². The van der Waals surface area contributed by atoms with Gasteiger partial charge in [0.25, 0.3) is 0 Å². The fourth-order valence-electron chi connectivity index (χ4n) is 1.36. The predicted molar refractivity (Wildman–Crippen MR) is 55.0 cm³/mol.